The zero-order valence-electron chi connectivity index (χ0n) is 10.8. The first-order chi connectivity index (χ1) is 7.90. The number of aryl methyl sites for hydroxylation is 1. The molecule has 0 amide bonds. The van der Waals surface area contributed by atoms with Gasteiger partial charge in [0, 0.05) is 5.71 Å². The van der Waals surface area contributed by atoms with Crippen molar-refractivity contribution in [2.45, 2.75) is 52.9 Å². The van der Waals surface area contributed by atoms with E-state index in [0.29, 0.717) is 0 Å². The summed E-state index contributed by atoms with van der Waals surface area (Å²) in [7, 11) is 0. The smallest absolute Gasteiger partial charge is 0.0660 e. The fourth-order valence-corrected chi connectivity index (χ4v) is 1.98. The van der Waals surface area contributed by atoms with E-state index in [1.165, 1.54) is 42.6 Å². The Bertz CT molecular complexity index is 331. The SMILES string of the molecule is CC.CCc1ccccc1N=C1CCCC1. The first-order valence-corrected chi connectivity index (χ1v) is 6.54. The molecule has 0 unspecified atom stereocenters. The Hall–Kier alpha value is -1.11. The summed E-state index contributed by atoms with van der Waals surface area (Å²) in [5, 5.41) is 0. The van der Waals surface area contributed by atoms with Gasteiger partial charge < -0.3 is 0 Å². The highest BCUT2D eigenvalue weighted by molar-refractivity contribution is 5.88. The van der Waals surface area contributed by atoms with Crippen molar-refractivity contribution in [3.05, 3.63) is 29.8 Å². The van der Waals surface area contributed by atoms with Crippen LogP contribution in [0.1, 0.15) is 52.0 Å². The van der Waals surface area contributed by atoms with E-state index in [1.807, 2.05) is 13.8 Å². The Balaban J connectivity index is 0.000000606. The Morgan fingerprint density at radius 3 is 2.31 bits per heavy atom. The van der Waals surface area contributed by atoms with Gasteiger partial charge in [-0.1, -0.05) is 39.0 Å². The van der Waals surface area contributed by atoms with Gasteiger partial charge in [0.2, 0.25) is 0 Å². The second-order valence-electron chi connectivity index (χ2n) is 3.87. The summed E-state index contributed by atoms with van der Waals surface area (Å²) in [5.74, 6) is 0. The third-order valence-electron chi connectivity index (χ3n) is 2.83. The normalized spacial score (nSPS) is 14.3. The van der Waals surface area contributed by atoms with Crippen molar-refractivity contribution < 1.29 is 0 Å². The molecule has 0 spiro atoms. The Kier molecular flexibility index (Phi) is 5.84. The number of nitrogens with zero attached hydrogens (tertiary/aromatic N) is 1. The number of hydrogen-bond donors (Lipinski definition) is 0. The van der Waals surface area contributed by atoms with Crippen LogP contribution in [0.4, 0.5) is 5.69 Å². The molecule has 0 heterocycles. The van der Waals surface area contributed by atoms with E-state index in [0.717, 1.165) is 6.42 Å². The van der Waals surface area contributed by atoms with Gasteiger partial charge in [0.05, 0.1) is 5.69 Å². The lowest BCUT2D eigenvalue weighted by atomic mass is 10.1. The molecule has 1 aliphatic carbocycles. The minimum Gasteiger partial charge on any atom is -0.258 e. The number of benzene rings is 1. The summed E-state index contributed by atoms with van der Waals surface area (Å²) in [4.78, 5) is 4.75. The van der Waals surface area contributed by atoms with E-state index in [2.05, 4.69) is 31.2 Å². The van der Waals surface area contributed by atoms with Crippen LogP contribution in [0.15, 0.2) is 29.3 Å². The highest BCUT2D eigenvalue weighted by Crippen LogP contribution is 2.23. The molecular weight excluding hydrogens is 194 g/mol. The van der Waals surface area contributed by atoms with Crippen LogP contribution in [-0.4, -0.2) is 5.71 Å². The highest BCUT2D eigenvalue weighted by atomic mass is 14.8. The van der Waals surface area contributed by atoms with Crippen molar-refractivity contribution in [2.24, 2.45) is 4.99 Å². The molecule has 1 aliphatic rings. The molecule has 0 atom stereocenters. The molecule has 0 aliphatic heterocycles. The van der Waals surface area contributed by atoms with E-state index >= 15 is 0 Å². The van der Waals surface area contributed by atoms with Gasteiger partial charge in [-0.15, -0.1) is 0 Å². The van der Waals surface area contributed by atoms with Crippen LogP contribution in [0.25, 0.3) is 0 Å². The molecule has 88 valence electrons. The zero-order chi connectivity index (χ0) is 11.8. The van der Waals surface area contributed by atoms with Crippen LogP contribution in [0.3, 0.4) is 0 Å². The lowest BCUT2D eigenvalue weighted by molar-refractivity contribution is 0.886. The quantitative estimate of drug-likeness (QED) is 0.666. The maximum absolute atomic E-state index is 4.75. The lowest BCUT2D eigenvalue weighted by Crippen LogP contribution is -1.88. The molecule has 1 aromatic rings. The van der Waals surface area contributed by atoms with E-state index in [4.69, 9.17) is 4.99 Å². The van der Waals surface area contributed by atoms with Crippen molar-refractivity contribution in [1.29, 1.82) is 0 Å². The molecule has 1 saturated carbocycles. The van der Waals surface area contributed by atoms with Crippen molar-refractivity contribution in [3.8, 4) is 0 Å². The summed E-state index contributed by atoms with van der Waals surface area (Å²) in [6.07, 6.45) is 6.14. The van der Waals surface area contributed by atoms with Gasteiger partial charge in [-0.25, -0.2) is 0 Å². The second kappa shape index (κ2) is 7.21. The first kappa shape index (κ1) is 13.0. The van der Waals surface area contributed by atoms with E-state index in [1.54, 1.807) is 0 Å². The minimum atomic E-state index is 1.08. The van der Waals surface area contributed by atoms with Crippen molar-refractivity contribution in [1.82, 2.24) is 0 Å². The molecule has 0 bridgehead atoms. The van der Waals surface area contributed by atoms with Gasteiger partial charge in [0.15, 0.2) is 0 Å². The Morgan fingerprint density at radius 1 is 1.06 bits per heavy atom. The van der Waals surface area contributed by atoms with Crippen LogP contribution in [0.5, 0.6) is 0 Å². The second-order valence-corrected chi connectivity index (χ2v) is 3.87. The Morgan fingerprint density at radius 2 is 1.69 bits per heavy atom. The van der Waals surface area contributed by atoms with Crippen molar-refractivity contribution in [2.75, 3.05) is 0 Å². The minimum absolute atomic E-state index is 1.08. The summed E-state index contributed by atoms with van der Waals surface area (Å²) in [6, 6.07) is 8.48. The van der Waals surface area contributed by atoms with Gasteiger partial charge >= 0.3 is 0 Å². The van der Waals surface area contributed by atoms with E-state index in [-0.39, 0.29) is 0 Å². The predicted octanol–water partition coefficient (Wildman–Crippen LogP) is 4.92. The largest absolute Gasteiger partial charge is 0.258 e. The molecule has 0 saturated heterocycles. The van der Waals surface area contributed by atoms with Crippen LogP contribution < -0.4 is 0 Å². The average Bonchev–Trinajstić information content (AvgIpc) is 2.85. The van der Waals surface area contributed by atoms with Gasteiger partial charge in [-0.05, 0) is 43.7 Å². The number of para-hydroxylation sites is 1. The number of hydrogen-bond acceptors (Lipinski definition) is 1. The zero-order valence-corrected chi connectivity index (χ0v) is 10.8. The summed E-state index contributed by atoms with van der Waals surface area (Å²) in [5.41, 5.74) is 3.95. The van der Waals surface area contributed by atoms with Gasteiger partial charge in [0.1, 0.15) is 0 Å². The monoisotopic (exact) mass is 217 g/mol. The van der Waals surface area contributed by atoms with Gasteiger partial charge in [-0.2, -0.15) is 0 Å². The van der Waals surface area contributed by atoms with Crippen molar-refractivity contribution in [3.63, 3.8) is 0 Å². The van der Waals surface area contributed by atoms with Crippen LogP contribution in [0, 0.1) is 0 Å². The average molecular weight is 217 g/mol. The summed E-state index contributed by atoms with van der Waals surface area (Å²) in [6.45, 7) is 6.19. The molecule has 1 fully saturated rings. The molecule has 0 N–H and O–H groups in total. The lowest BCUT2D eigenvalue weighted by Gasteiger charge is -2.03. The van der Waals surface area contributed by atoms with Crippen LogP contribution in [0.2, 0.25) is 0 Å². The molecule has 1 nitrogen and oxygen atoms in total. The fourth-order valence-electron chi connectivity index (χ4n) is 1.98. The van der Waals surface area contributed by atoms with E-state index < -0.39 is 0 Å². The molecule has 0 radical (unpaired) electrons. The standard InChI is InChI=1S/C13H17N.C2H6/c1-2-11-7-3-6-10-13(11)14-12-8-4-5-9-12;1-2/h3,6-7,10H,2,4-5,8-9H2,1H3;1-2H3. The van der Waals surface area contributed by atoms with Gasteiger partial charge in [0.25, 0.3) is 0 Å². The first-order valence-electron chi connectivity index (χ1n) is 6.54. The molecular formula is C15H23N. The maximum Gasteiger partial charge on any atom is 0.0660 e. The fraction of sp³-hybridized carbons (Fsp3) is 0.533. The predicted molar refractivity (Wildman–Crippen MR) is 72.7 cm³/mol. The number of rotatable bonds is 2. The molecule has 2 rings (SSSR count). The molecule has 16 heavy (non-hydrogen) atoms. The number of aliphatic imine (C=N–C) groups is 1. The molecule has 1 aromatic carbocycles. The van der Waals surface area contributed by atoms with E-state index in [9.17, 15) is 0 Å². The topological polar surface area (TPSA) is 12.4 Å². The third kappa shape index (κ3) is 3.48. The van der Waals surface area contributed by atoms with Crippen molar-refractivity contribution >= 4 is 11.4 Å². The summed E-state index contributed by atoms with van der Waals surface area (Å²) >= 11 is 0. The molecule has 1 heteroatoms. The highest BCUT2D eigenvalue weighted by Gasteiger charge is 2.08. The Labute approximate surface area is 99.6 Å². The van der Waals surface area contributed by atoms with Crippen LogP contribution >= 0.6 is 0 Å². The summed E-state index contributed by atoms with van der Waals surface area (Å²) < 4.78 is 0. The van der Waals surface area contributed by atoms with Gasteiger partial charge in [-0.3, -0.25) is 4.99 Å². The van der Waals surface area contributed by atoms with Crippen LogP contribution in [-0.2, 0) is 6.42 Å². The third-order valence-corrected chi connectivity index (χ3v) is 2.83. The maximum atomic E-state index is 4.75. The molecule has 0 aromatic heterocycles.